The Hall–Kier alpha value is -1.79. The molecule has 20 heavy (non-hydrogen) atoms. The molecule has 102 valence electrons. The number of carbonyl (C=O) groups excluding carboxylic acids is 1. The van der Waals surface area contributed by atoms with Gasteiger partial charge >= 0.3 is 0 Å². The van der Waals surface area contributed by atoms with E-state index in [1.165, 1.54) is 27.2 Å². The number of ketones is 1. The van der Waals surface area contributed by atoms with Crippen molar-refractivity contribution in [1.82, 2.24) is 9.55 Å². The lowest BCUT2D eigenvalue weighted by Gasteiger charge is -2.07. The third kappa shape index (κ3) is 2.21. The van der Waals surface area contributed by atoms with Crippen molar-refractivity contribution in [2.45, 2.75) is 20.4 Å². The first-order valence-electron chi connectivity index (χ1n) is 6.10. The number of fused-ring (bicyclic) bond motifs is 1. The van der Waals surface area contributed by atoms with Crippen LogP contribution in [0.5, 0.6) is 0 Å². The van der Waals surface area contributed by atoms with E-state index in [0.29, 0.717) is 16.1 Å². The molecule has 0 N–H and O–H groups in total. The van der Waals surface area contributed by atoms with Crippen molar-refractivity contribution >= 4 is 38.7 Å². The summed E-state index contributed by atoms with van der Waals surface area (Å²) in [5.41, 5.74) is -0.137. The van der Waals surface area contributed by atoms with Gasteiger partial charge in [-0.2, -0.15) is 0 Å². The van der Waals surface area contributed by atoms with Gasteiger partial charge in [0.25, 0.3) is 5.56 Å². The Kier molecular flexibility index (Phi) is 3.27. The summed E-state index contributed by atoms with van der Waals surface area (Å²) in [7, 11) is 0. The zero-order valence-corrected chi connectivity index (χ0v) is 12.7. The van der Waals surface area contributed by atoms with E-state index in [1.807, 2.05) is 24.4 Å². The van der Waals surface area contributed by atoms with Crippen molar-refractivity contribution in [3.63, 3.8) is 0 Å². The third-order valence-corrected chi connectivity index (χ3v) is 4.92. The molecule has 0 fully saturated rings. The van der Waals surface area contributed by atoms with Gasteiger partial charge in [-0.05, 0) is 31.4 Å². The molecule has 3 heterocycles. The predicted octanol–water partition coefficient (Wildman–Crippen LogP) is 3.02. The largest absolute Gasteiger partial charge is 0.291 e. The molecule has 6 heteroatoms. The van der Waals surface area contributed by atoms with Crippen LogP contribution in [0.1, 0.15) is 20.4 Å². The van der Waals surface area contributed by atoms with Crippen molar-refractivity contribution in [3.8, 4) is 0 Å². The summed E-state index contributed by atoms with van der Waals surface area (Å²) < 4.78 is 1.45. The molecule has 0 aliphatic rings. The minimum Gasteiger partial charge on any atom is -0.291 e. The van der Waals surface area contributed by atoms with Gasteiger partial charge in [0.2, 0.25) is 0 Å². The lowest BCUT2D eigenvalue weighted by molar-refractivity contribution is 0.0973. The number of aryl methyl sites for hydroxylation is 2. The highest BCUT2D eigenvalue weighted by atomic mass is 32.1. The van der Waals surface area contributed by atoms with Crippen LogP contribution >= 0.6 is 22.7 Å². The highest BCUT2D eigenvalue weighted by molar-refractivity contribution is 7.18. The minimum absolute atomic E-state index is 0.0447. The topological polar surface area (TPSA) is 52.0 Å². The summed E-state index contributed by atoms with van der Waals surface area (Å²) in [6.45, 7) is 3.75. The summed E-state index contributed by atoms with van der Waals surface area (Å²) >= 11 is 2.88. The van der Waals surface area contributed by atoms with Crippen molar-refractivity contribution < 1.29 is 4.79 Å². The van der Waals surface area contributed by atoms with Crippen molar-refractivity contribution in [1.29, 1.82) is 0 Å². The zero-order chi connectivity index (χ0) is 14.3. The van der Waals surface area contributed by atoms with Crippen molar-refractivity contribution in [2.75, 3.05) is 0 Å². The van der Waals surface area contributed by atoms with E-state index < -0.39 is 0 Å². The van der Waals surface area contributed by atoms with E-state index in [-0.39, 0.29) is 17.9 Å². The fourth-order valence-electron chi connectivity index (χ4n) is 2.08. The number of Topliss-reactive ketones (excluding diaryl/α,β-unsaturated/α-hetero) is 1. The molecule has 0 radical (unpaired) electrons. The van der Waals surface area contributed by atoms with Crippen molar-refractivity contribution in [2.24, 2.45) is 0 Å². The van der Waals surface area contributed by atoms with Crippen LogP contribution in [0, 0.1) is 13.8 Å². The molecule has 3 aromatic rings. The van der Waals surface area contributed by atoms with Crippen LogP contribution in [-0.2, 0) is 6.54 Å². The van der Waals surface area contributed by atoms with E-state index in [1.54, 1.807) is 13.0 Å². The first kappa shape index (κ1) is 13.2. The highest BCUT2D eigenvalue weighted by Crippen LogP contribution is 2.20. The molecule has 0 saturated heterocycles. The quantitative estimate of drug-likeness (QED) is 0.699. The molecule has 0 spiro atoms. The van der Waals surface area contributed by atoms with Crippen LogP contribution in [0.25, 0.3) is 10.2 Å². The Bertz CT molecular complexity index is 844. The second kappa shape index (κ2) is 4.96. The maximum atomic E-state index is 12.4. The van der Waals surface area contributed by atoms with Gasteiger partial charge in [0.1, 0.15) is 10.7 Å². The molecule has 0 aromatic carbocycles. The molecule has 0 unspecified atom stereocenters. The van der Waals surface area contributed by atoms with E-state index >= 15 is 0 Å². The average Bonchev–Trinajstić information content (AvgIpc) is 3.03. The molecule has 0 saturated carbocycles. The predicted molar refractivity (Wildman–Crippen MR) is 82.0 cm³/mol. The van der Waals surface area contributed by atoms with Gasteiger partial charge in [0.05, 0.1) is 16.8 Å². The molecular weight excluding hydrogens is 292 g/mol. The number of nitrogens with zero attached hydrogens (tertiary/aromatic N) is 2. The molecule has 0 bridgehead atoms. The van der Waals surface area contributed by atoms with E-state index in [4.69, 9.17) is 0 Å². The maximum absolute atomic E-state index is 12.4. The van der Waals surface area contributed by atoms with Crippen LogP contribution in [0.4, 0.5) is 0 Å². The second-order valence-corrected chi connectivity index (χ2v) is 6.71. The van der Waals surface area contributed by atoms with Gasteiger partial charge in [-0.3, -0.25) is 14.2 Å². The zero-order valence-electron chi connectivity index (χ0n) is 11.0. The molecule has 0 aliphatic heterocycles. The standard InChI is InChI=1S/C14H12N2O2S2/c1-8-6-10-13(20-8)15-9(2)16(14(10)18)7-11(17)12-4-3-5-19-12/h3-6H,7H2,1-2H3. The van der Waals surface area contributed by atoms with Crippen molar-refractivity contribution in [3.05, 3.63) is 49.5 Å². The second-order valence-electron chi connectivity index (χ2n) is 4.53. The number of rotatable bonds is 3. The Labute approximate surface area is 123 Å². The Morgan fingerprint density at radius 2 is 2.20 bits per heavy atom. The number of aromatic nitrogens is 2. The van der Waals surface area contributed by atoms with Gasteiger partial charge in [-0.1, -0.05) is 6.07 Å². The van der Waals surface area contributed by atoms with Crippen LogP contribution in [0.2, 0.25) is 0 Å². The smallest absolute Gasteiger partial charge is 0.262 e. The van der Waals surface area contributed by atoms with Crippen LogP contribution in [0.15, 0.2) is 28.4 Å². The molecule has 4 nitrogen and oxygen atoms in total. The van der Waals surface area contributed by atoms with Gasteiger partial charge in [0.15, 0.2) is 5.78 Å². The van der Waals surface area contributed by atoms with Gasteiger partial charge in [-0.25, -0.2) is 4.98 Å². The van der Waals surface area contributed by atoms with E-state index in [2.05, 4.69) is 4.98 Å². The molecule has 0 atom stereocenters. The maximum Gasteiger partial charge on any atom is 0.262 e. The first-order chi connectivity index (χ1) is 9.56. The molecular formula is C14H12N2O2S2. The first-order valence-corrected chi connectivity index (χ1v) is 7.80. The lowest BCUT2D eigenvalue weighted by Crippen LogP contribution is -2.26. The molecule has 3 rings (SSSR count). The van der Waals surface area contributed by atoms with Crippen LogP contribution in [-0.4, -0.2) is 15.3 Å². The highest BCUT2D eigenvalue weighted by Gasteiger charge is 2.14. The summed E-state index contributed by atoms with van der Waals surface area (Å²) in [5.74, 6) is 0.521. The fourth-order valence-corrected chi connectivity index (χ4v) is 3.66. The number of carbonyl (C=O) groups is 1. The van der Waals surface area contributed by atoms with Gasteiger partial charge in [-0.15, -0.1) is 22.7 Å². The number of thiophene rings is 2. The molecule has 0 amide bonds. The summed E-state index contributed by atoms with van der Waals surface area (Å²) in [4.78, 5) is 31.5. The van der Waals surface area contributed by atoms with Crippen LogP contribution in [0.3, 0.4) is 0 Å². The SMILES string of the molecule is Cc1cc2c(=O)n(CC(=O)c3cccs3)c(C)nc2s1. The lowest BCUT2D eigenvalue weighted by atomic mass is 10.3. The molecule has 0 aliphatic carbocycles. The fraction of sp³-hybridized carbons (Fsp3) is 0.214. The average molecular weight is 304 g/mol. The van der Waals surface area contributed by atoms with Gasteiger partial charge in [0, 0.05) is 4.88 Å². The summed E-state index contributed by atoms with van der Waals surface area (Å²) in [5, 5.41) is 2.45. The number of hydrogen-bond donors (Lipinski definition) is 0. The summed E-state index contributed by atoms with van der Waals surface area (Å²) in [6.07, 6.45) is 0. The Morgan fingerprint density at radius 1 is 1.40 bits per heavy atom. The van der Waals surface area contributed by atoms with Gasteiger partial charge < -0.3 is 0 Å². The minimum atomic E-state index is -0.137. The van der Waals surface area contributed by atoms with E-state index in [9.17, 15) is 9.59 Å². The number of hydrogen-bond acceptors (Lipinski definition) is 5. The summed E-state index contributed by atoms with van der Waals surface area (Å²) in [6, 6.07) is 5.44. The normalized spacial score (nSPS) is 11.1. The molecule has 3 aromatic heterocycles. The van der Waals surface area contributed by atoms with Crippen LogP contribution < -0.4 is 5.56 Å². The Balaban J connectivity index is 2.07. The Morgan fingerprint density at radius 3 is 2.90 bits per heavy atom. The monoisotopic (exact) mass is 304 g/mol. The van der Waals surface area contributed by atoms with E-state index in [0.717, 1.165) is 9.71 Å². The third-order valence-electron chi connectivity index (χ3n) is 3.06.